The lowest BCUT2D eigenvalue weighted by Crippen LogP contribution is -2.37. The van der Waals surface area contributed by atoms with E-state index in [1.807, 2.05) is 31.2 Å². The minimum atomic E-state index is 0.188. The minimum absolute atomic E-state index is 0.188. The van der Waals surface area contributed by atoms with Crippen molar-refractivity contribution in [2.45, 2.75) is 20.0 Å². The van der Waals surface area contributed by atoms with Gasteiger partial charge in [0.15, 0.2) is 6.61 Å². The number of morpholine rings is 1. The van der Waals surface area contributed by atoms with Gasteiger partial charge in [-0.05, 0) is 37.6 Å². The van der Waals surface area contributed by atoms with Crippen LogP contribution < -0.4 is 10.1 Å². The van der Waals surface area contributed by atoms with Crippen molar-refractivity contribution in [1.82, 2.24) is 9.88 Å². The molecule has 1 saturated heterocycles. The lowest BCUT2D eigenvalue weighted by Gasteiger charge is -2.26. The van der Waals surface area contributed by atoms with Gasteiger partial charge in [0.2, 0.25) is 17.5 Å². The Balaban J connectivity index is 1.47. The van der Waals surface area contributed by atoms with Crippen molar-refractivity contribution in [2.24, 2.45) is 0 Å². The van der Waals surface area contributed by atoms with Gasteiger partial charge in [-0.2, -0.15) is 10.2 Å². The van der Waals surface area contributed by atoms with Crippen molar-refractivity contribution >= 4 is 5.88 Å². The molecule has 0 amide bonds. The van der Waals surface area contributed by atoms with Crippen LogP contribution in [0.2, 0.25) is 0 Å². The lowest BCUT2D eigenvalue weighted by atomic mass is 10.2. The first-order valence-electron chi connectivity index (χ1n) is 8.88. The number of aryl methyl sites for hydroxylation is 1. The molecule has 26 heavy (non-hydrogen) atoms. The molecule has 1 N–H and O–H groups in total. The van der Waals surface area contributed by atoms with Crippen molar-refractivity contribution in [3.8, 4) is 11.8 Å². The van der Waals surface area contributed by atoms with E-state index in [-0.39, 0.29) is 12.3 Å². The number of oxazole rings is 1. The lowest BCUT2D eigenvalue weighted by molar-refractivity contribution is 0.0378. The number of nitriles is 1. The molecule has 0 spiro atoms. The first-order valence-corrected chi connectivity index (χ1v) is 8.88. The smallest absolute Gasteiger partial charge is 0.236 e. The molecular weight excluding hydrogens is 332 g/mol. The zero-order valence-corrected chi connectivity index (χ0v) is 15.0. The number of hydrogen-bond donors (Lipinski definition) is 1. The van der Waals surface area contributed by atoms with E-state index in [2.05, 4.69) is 21.3 Å². The number of rotatable bonds is 8. The van der Waals surface area contributed by atoms with Crippen molar-refractivity contribution in [3.05, 3.63) is 41.4 Å². The summed E-state index contributed by atoms with van der Waals surface area (Å²) < 4.78 is 16.7. The highest BCUT2D eigenvalue weighted by Crippen LogP contribution is 2.19. The van der Waals surface area contributed by atoms with E-state index in [1.54, 1.807) is 0 Å². The topological polar surface area (TPSA) is 83.5 Å². The minimum Gasteiger partial charge on any atom is -0.484 e. The Bertz CT molecular complexity index is 747. The van der Waals surface area contributed by atoms with E-state index < -0.39 is 0 Å². The van der Waals surface area contributed by atoms with Gasteiger partial charge in [0.05, 0.1) is 13.2 Å². The van der Waals surface area contributed by atoms with Crippen LogP contribution in [0.1, 0.15) is 23.6 Å². The number of ether oxygens (including phenoxy) is 2. The van der Waals surface area contributed by atoms with Crippen molar-refractivity contribution in [3.63, 3.8) is 0 Å². The van der Waals surface area contributed by atoms with Gasteiger partial charge in [-0.3, -0.25) is 4.90 Å². The van der Waals surface area contributed by atoms with E-state index >= 15 is 0 Å². The Kier molecular flexibility index (Phi) is 6.47. The van der Waals surface area contributed by atoms with Crippen LogP contribution in [0.5, 0.6) is 5.75 Å². The van der Waals surface area contributed by atoms with Crippen LogP contribution in [-0.4, -0.2) is 49.3 Å². The third-order valence-corrected chi connectivity index (χ3v) is 4.17. The maximum absolute atomic E-state index is 9.24. The predicted molar refractivity (Wildman–Crippen MR) is 97.1 cm³/mol. The molecule has 0 atom stereocenters. The molecule has 2 heterocycles. The number of nitrogens with zero attached hydrogens (tertiary/aromatic N) is 3. The molecule has 0 bridgehead atoms. The number of benzene rings is 1. The van der Waals surface area contributed by atoms with E-state index in [0.717, 1.165) is 57.1 Å². The van der Waals surface area contributed by atoms with Crippen LogP contribution in [0, 0.1) is 18.3 Å². The normalized spacial score (nSPS) is 14.8. The fourth-order valence-electron chi connectivity index (χ4n) is 2.80. The highest BCUT2D eigenvalue weighted by atomic mass is 16.5. The molecule has 1 aromatic heterocycles. The monoisotopic (exact) mass is 356 g/mol. The third-order valence-electron chi connectivity index (χ3n) is 4.17. The number of nitrogens with one attached hydrogen (secondary N) is 1. The van der Waals surface area contributed by atoms with E-state index in [0.29, 0.717) is 11.8 Å². The summed E-state index contributed by atoms with van der Waals surface area (Å²) in [6.07, 6.45) is 0.959. The van der Waals surface area contributed by atoms with E-state index in [1.165, 1.54) is 0 Å². The van der Waals surface area contributed by atoms with Crippen LogP contribution >= 0.6 is 0 Å². The zero-order chi connectivity index (χ0) is 18.2. The first kappa shape index (κ1) is 18.2. The second-order valence-electron chi connectivity index (χ2n) is 6.24. The Morgan fingerprint density at radius 2 is 2.19 bits per heavy atom. The number of hydrogen-bond acceptors (Lipinski definition) is 7. The second kappa shape index (κ2) is 9.22. The molecule has 1 aromatic carbocycles. The van der Waals surface area contributed by atoms with Gasteiger partial charge >= 0.3 is 0 Å². The molecule has 0 radical (unpaired) electrons. The largest absolute Gasteiger partial charge is 0.484 e. The SMILES string of the molecule is Cc1cccc(OCc2nc(C#N)c(NCCCN3CCOCC3)o2)c1. The summed E-state index contributed by atoms with van der Waals surface area (Å²) in [5.41, 5.74) is 1.38. The molecule has 2 aromatic rings. The Hall–Kier alpha value is -2.56. The van der Waals surface area contributed by atoms with Gasteiger partial charge in [-0.25, -0.2) is 0 Å². The Labute approximate surface area is 153 Å². The molecule has 138 valence electrons. The van der Waals surface area contributed by atoms with Gasteiger partial charge in [0.25, 0.3) is 0 Å². The molecule has 1 aliphatic heterocycles. The number of anilines is 1. The maximum Gasteiger partial charge on any atom is 0.236 e. The molecule has 0 aliphatic carbocycles. The summed E-state index contributed by atoms with van der Waals surface area (Å²) in [6, 6.07) is 9.83. The zero-order valence-electron chi connectivity index (χ0n) is 15.0. The first-order chi connectivity index (χ1) is 12.7. The summed E-state index contributed by atoms with van der Waals surface area (Å²) in [7, 11) is 0. The highest BCUT2D eigenvalue weighted by Gasteiger charge is 2.14. The van der Waals surface area contributed by atoms with Crippen LogP contribution in [0.4, 0.5) is 5.88 Å². The summed E-state index contributed by atoms with van der Waals surface area (Å²) in [5, 5.41) is 12.4. The van der Waals surface area contributed by atoms with Crippen LogP contribution in [0.25, 0.3) is 0 Å². The van der Waals surface area contributed by atoms with Gasteiger partial charge in [-0.15, -0.1) is 0 Å². The predicted octanol–water partition coefficient (Wildman–Crippen LogP) is 2.57. The van der Waals surface area contributed by atoms with Crippen LogP contribution in [0.15, 0.2) is 28.7 Å². The fraction of sp³-hybridized carbons (Fsp3) is 0.474. The van der Waals surface area contributed by atoms with Gasteiger partial charge in [0, 0.05) is 19.6 Å². The van der Waals surface area contributed by atoms with Gasteiger partial charge in [0.1, 0.15) is 11.8 Å². The van der Waals surface area contributed by atoms with Gasteiger partial charge in [-0.1, -0.05) is 12.1 Å². The molecular formula is C19H24N4O3. The highest BCUT2D eigenvalue weighted by molar-refractivity contribution is 5.45. The summed E-state index contributed by atoms with van der Waals surface area (Å²) in [4.78, 5) is 6.57. The molecule has 1 aliphatic rings. The summed E-state index contributed by atoms with van der Waals surface area (Å²) in [6.45, 7) is 7.47. The average molecular weight is 356 g/mol. The molecule has 1 fully saturated rings. The second-order valence-corrected chi connectivity index (χ2v) is 6.24. The third kappa shape index (κ3) is 5.22. The number of aromatic nitrogens is 1. The van der Waals surface area contributed by atoms with E-state index in [9.17, 15) is 5.26 Å². The van der Waals surface area contributed by atoms with Gasteiger partial charge < -0.3 is 19.2 Å². The fourth-order valence-corrected chi connectivity index (χ4v) is 2.80. The molecule has 7 heteroatoms. The van der Waals surface area contributed by atoms with E-state index in [4.69, 9.17) is 13.9 Å². The Morgan fingerprint density at radius 3 is 2.96 bits per heavy atom. The molecule has 3 rings (SSSR count). The van der Waals surface area contributed by atoms with Crippen molar-refractivity contribution in [2.75, 3.05) is 44.7 Å². The quantitative estimate of drug-likeness (QED) is 0.728. The van der Waals surface area contributed by atoms with Crippen molar-refractivity contribution in [1.29, 1.82) is 5.26 Å². The van der Waals surface area contributed by atoms with Crippen molar-refractivity contribution < 1.29 is 13.9 Å². The van der Waals surface area contributed by atoms with Crippen LogP contribution in [-0.2, 0) is 11.3 Å². The molecule has 0 saturated carbocycles. The molecule has 7 nitrogen and oxygen atoms in total. The Morgan fingerprint density at radius 1 is 1.35 bits per heavy atom. The average Bonchev–Trinajstić information content (AvgIpc) is 3.07. The standard InChI is InChI=1S/C19H24N4O3/c1-15-4-2-5-16(12-15)25-14-18-22-17(13-20)19(26-18)21-6-3-7-23-8-10-24-11-9-23/h2,4-5,12,21H,3,6-11,14H2,1H3. The van der Waals surface area contributed by atoms with Crippen LogP contribution in [0.3, 0.4) is 0 Å². The summed E-state index contributed by atoms with van der Waals surface area (Å²) in [5.74, 6) is 1.55. The summed E-state index contributed by atoms with van der Waals surface area (Å²) >= 11 is 0. The maximum atomic E-state index is 9.24. The molecule has 0 unspecified atom stereocenters.